The number of benzene rings is 1. The summed E-state index contributed by atoms with van der Waals surface area (Å²) in [5.74, 6) is -0.224. The Hall–Kier alpha value is -2.18. The lowest BCUT2D eigenvalue weighted by Gasteiger charge is -2.17. The van der Waals surface area contributed by atoms with Crippen molar-refractivity contribution in [3.63, 3.8) is 0 Å². The van der Waals surface area contributed by atoms with Crippen LogP contribution in [0.15, 0.2) is 41.2 Å². The van der Waals surface area contributed by atoms with E-state index in [-0.39, 0.29) is 17.2 Å². The zero-order chi connectivity index (χ0) is 17.3. The molecule has 0 bridgehead atoms. The van der Waals surface area contributed by atoms with E-state index in [0.717, 1.165) is 4.88 Å². The fourth-order valence-electron chi connectivity index (χ4n) is 2.53. The van der Waals surface area contributed by atoms with Gasteiger partial charge in [-0.1, -0.05) is 29.8 Å². The van der Waals surface area contributed by atoms with E-state index in [4.69, 9.17) is 11.6 Å². The zero-order valence-electron chi connectivity index (χ0n) is 13.3. The Labute approximate surface area is 148 Å². The molecule has 0 unspecified atom stereocenters. The third kappa shape index (κ3) is 3.07. The smallest absolute Gasteiger partial charge is 0.275 e. The lowest BCUT2D eigenvalue weighted by atomic mass is 10.1. The van der Waals surface area contributed by atoms with E-state index < -0.39 is 0 Å². The molecule has 124 valence electrons. The van der Waals surface area contributed by atoms with E-state index >= 15 is 0 Å². The van der Waals surface area contributed by atoms with Gasteiger partial charge in [0.2, 0.25) is 0 Å². The highest BCUT2D eigenvalue weighted by Gasteiger charge is 2.20. The Bertz CT molecular complexity index is 964. The van der Waals surface area contributed by atoms with Crippen LogP contribution in [0.25, 0.3) is 10.8 Å². The third-order valence-electron chi connectivity index (χ3n) is 3.74. The fraction of sp³-hybridized carbons (Fsp3) is 0.235. The van der Waals surface area contributed by atoms with Gasteiger partial charge in [-0.2, -0.15) is 5.10 Å². The largest absolute Gasteiger partial charge is 0.335 e. The predicted molar refractivity (Wildman–Crippen MR) is 96.8 cm³/mol. The van der Waals surface area contributed by atoms with Crippen molar-refractivity contribution < 1.29 is 4.79 Å². The lowest BCUT2D eigenvalue weighted by molar-refractivity contribution is 0.0780. The molecule has 3 rings (SSSR count). The second-order valence-corrected chi connectivity index (χ2v) is 7.18. The highest BCUT2D eigenvalue weighted by Crippen LogP contribution is 2.23. The van der Waals surface area contributed by atoms with E-state index in [9.17, 15) is 9.59 Å². The van der Waals surface area contributed by atoms with Gasteiger partial charge in [-0.3, -0.25) is 9.59 Å². The summed E-state index contributed by atoms with van der Waals surface area (Å²) in [5, 5.41) is 5.36. The molecule has 3 aromatic rings. The highest BCUT2D eigenvalue weighted by molar-refractivity contribution is 7.16. The number of hydrogen-bond donors (Lipinski definition) is 0. The molecule has 0 spiro atoms. The average molecular weight is 362 g/mol. The predicted octanol–water partition coefficient (Wildman–Crippen LogP) is 3.40. The van der Waals surface area contributed by atoms with Gasteiger partial charge in [-0.15, -0.1) is 11.3 Å². The van der Waals surface area contributed by atoms with E-state index in [1.807, 2.05) is 19.1 Å². The number of carbonyl (C=O) groups is 1. The van der Waals surface area contributed by atoms with Crippen LogP contribution in [0, 0.1) is 0 Å². The summed E-state index contributed by atoms with van der Waals surface area (Å²) in [6.07, 6.45) is 0. The van der Waals surface area contributed by atoms with Gasteiger partial charge in [0.05, 0.1) is 16.3 Å². The molecular weight excluding hydrogens is 346 g/mol. The summed E-state index contributed by atoms with van der Waals surface area (Å²) >= 11 is 7.38. The van der Waals surface area contributed by atoms with Crippen LogP contribution in [0.4, 0.5) is 0 Å². The van der Waals surface area contributed by atoms with Crippen molar-refractivity contribution >= 4 is 39.6 Å². The van der Waals surface area contributed by atoms with Gasteiger partial charge in [-0.25, -0.2) is 4.68 Å². The molecule has 2 heterocycles. The maximum Gasteiger partial charge on any atom is 0.275 e. The number of hydrogen-bond acceptors (Lipinski definition) is 4. The molecule has 0 N–H and O–H groups in total. The van der Waals surface area contributed by atoms with Crippen LogP contribution in [-0.4, -0.2) is 27.6 Å². The average Bonchev–Trinajstić information content (AvgIpc) is 2.99. The van der Waals surface area contributed by atoms with Gasteiger partial charge in [0, 0.05) is 23.9 Å². The second kappa shape index (κ2) is 6.75. The number of fused-ring (bicyclic) bond motifs is 1. The topological polar surface area (TPSA) is 55.2 Å². The van der Waals surface area contributed by atoms with Gasteiger partial charge in [0.25, 0.3) is 11.5 Å². The van der Waals surface area contributed by atoms with Gasteiger partial charge >= 0.3 is 0 Å². The fourth-order valence-corrected chi connectivity index (χ4v) is 3.67. The quantitative estimate of drug-likeness (QED) is 0.715. The van der Waals surface area contributed by atoms with Crippen LogP contribution >= 0.6 is 22.9 Å². The van der Waals surface area contributed by atoms with Crippen molar-refractivity contribution in [3.05, 3.63) is 61.7 Å². The summed E-state index contributed by atoms with van der Waals surface area (Å²) in [7, 11) is 1.72. The molecule has 0 aliphatic heterocycles. The van der Waals surface area contributed by atoms with Crippen LogP contribution in [0.3, 0.4) is 0 Å². The minimum atomic E-state index is -0.224. The lowest BCUT2D eigenvalue weighted by Crippen LogP contribution is -2.31. The molecule has 2 aromatic heterocycles. The minimum Gasteiger partial charge on any atom is -0.335 e. The first kappa shape index (κ1) is 16.7. The van der Waals surface area contributed by atoms with Crippen molar-refractivity contribution in [2.24, 2.45) is 0 Å². The van der Waals surface area contributed by atoms with Gasteiger partial charge < -0.3 is 4.90 Å². The molecule has 24 heavy (non-hydrogen) atoms. The molecule has 0 atom stereocenters. The van der Waals surface area contributed by atoms with Crippen LogP contribution < -0.4 is 5.56 Å². The van der Waals surface area contributed by atoms with Gasteiger partial charge in [-0.05, 0) is 25.1 Å². The van der Waals surface area contributed by atoms with Crippen molar-refractivity contribution in [1.29, 1.82) is 0 Å². The molecule has 0 saturated heterocycles. The monoisotopic (exact) mass is 361 g/mol. The normalized spacial score (nSPS) is 11.0. The van der Waals surface area contributed by atoms with Gasteiger partial charge in [0.1, 0.15) is 0 Å². The Morgan fingerprint density at radius 1 is 1.25 bits per heavy atom. The molecule has 0 aliphatic carbocycles. The van der Waals surface area contributed by atoms with Crippen molar-refractivity contribution in [2.45, 2.75) is 20.0 Å². The maximum atomic E-state index is 12.9. The molecule has 7 heteroatoms. The third-order valence-corrected chi connectivity index (χ3v) is 4.95. The van der Waals surface area contributed by atoms with Crippen molar-refractivity contribution in [1.82, 2.24) is 14.7 Å². The molecule has 0 radical (unpaired) electrons. The van der Waals surface area contributed by atoms with Crippen LogP contribution in [0.5, 0.6) is 0 Å². The Morgan fingerprint density at radius 2 is 1.96 bits per heavy atom. The standard InChI is InChI=1S/C17H16ClN3O2S/c1-3-21-16(22)13-7-5-4-6-12(13)15(19-21)17(23)20(2)10-11-8-9-14(18)24-11/h4-9H,3,10H2,1-2H3. The Morgan fingerprint density at radius 3 is 2.58 bits per heavy atom. The number of aryl methyl sites for hydroxylation is 1. The number of amides is 1. The van der Waals surface area contributed by atoms with Gasteiger partial charge in [0.15, 0.2) is 5.69 Å². The SMILES string of the molecule is CCn1nc(C(=O)N(C)Cc2ccc(Cl)s2)c2ccccc2c1=O. The van der Waals surface area contributed by atoms with E-state index in [1.54, 1.807) is 36.2 Å². The molecule has 0 aliphatic rings. The van der Waals surface area contributed by atoms with E-state index in [1.165, 1.54) is 16.0 Å². The summed E-state index contributed by atoms with van der Waals surface area (Å²) in [6, 6.07) is 10.8. The summed E-state index contributed by atoms with van der Waals surface area (Å²) < 4.78 is 2.01. The molecule has 5 nitrogen and oxygen atoms in total. The van der Waals surface area contributed by atoms with Crippen LogP contribution in [-0.2, 0) is 13.1 Å². The number of carbonyl (C=O) groups excluding carboxylic acids is 1. The first-order valence-corrected chi connectivity index (χ1v) is 8.70. The number of thiophene rings is 1. The molecular formula is C17H16ClN3O2S. The Kier molecular flexibility index (Phi) is 4.69. The number of halogens is 1. The number of rotatable bonds is 4. The van der Waals surface area contributed by atoms with E-state index in [0.29, 0.717) is 28.2 Å². The van der Waals surface area contributed by atoms with Crippen LogP contribution in [0.1, 0.15) is 22.3 Å². The highest BCUT2D eigenvalue weighted by atomic mass is 35.5. The summed E-state index contributed by atoms with van der Waals surface area (Å²) in [4.78, 5) is 27.8. The van der Waals surface area contributed by atoms with E-state index in [2.05, 4.69) is 5.10 Å². The number of aromatic nitrogens is 2. The zero-order valence-corrected chi connectivity index (χ0v) is 14.9. The summed E-state index contributed by atoms with van der Waals surface area (Å²) in [5.41, 5.74) is 0.106. The molecule has 0 fully saturated rings. The van der Waals surface area contributed by atoms with Crippen LogP contribution in [0.2, 0.25) is 4.34 Å². The molecule has 0 saturated carbocycles. The first-order valence-electron chi connectivity index (χ1n) is 7.50. The number of nitrogens with zero attached hydrogens (tertiary/aromatic N) is 3. The van der Waals surface area contributed by atoms with Crippen molar-refractivity contribution in [2.75, 3.05) is 7.05 Å². The maximum absolute atomic E-state index is 12.9. The summed E-state index contributed by atoms with van der Waals surface area (Å²) in [6.45, 7) is 2.68. The molecule has 1 amide bonds. The second-order valence-electron chi connectivity index (χ2n) is 5.38. The Balaban J connectivity index is 2.03. The van der Waals surface area contributed by atoms with Crippen molar-refractivity contribution in [3.8, 4) is 0 Å². The minimum absolute atomic E-state index is 0.183. The first-order chi connectivity index (χ1) is 11.5. The molecule has 1 aromatic carbocycles.